The first-order chi connectivity index (χ1) is 13.9. The Morgan fingerprint density at radius 1 is 0.966 bits per heavy atom. The van der Waals surface area contributed by atoms with Crippen LogP contribution in [0.15, 0.2) is 60.9 Å². The number of carbonyl (C=O) groups excluding carboxylic acids is 1. The Labute approximate surface area is 169 Å². The zero-order valence-corrected chi connectivity index (χ0v) is 16.8. The van der Waals surface area contributed by atoms with Gasteiger partial charge in [-0.05, 0) is 45.0 Å². The maximum atomic E-state index is 13.2. The molecular formula is C23H23N5O. The summed E-state index contributed by atoms with van der Waals surface area (Å²) in [7, 11) is 0. The lowest BCUT2D eigenvalue weighted by atomic mass is 10.1. The fourth-order valence-corrected chi connectivity index (χ4v) is 3.90. The average molecular weight is 385 g/mol. The van der Waals surface area contributed by atoms with E-state index >= 15 is 0 Å². The van der Waals surface area contributed by atoms with E-state index in [9.17, 15) is 4.79 Å². The molecule has 5 rings (SSSR count). The standard InChI is InChI=1S/C23H23N5O/c1-23(2,3)28-21(26-12-6-7-13-26)17-14-27(15-20(17)25-28)22(29)19-11-10-16-8-4-5-9-18(16)24-19/h4-13H,14-15H2,1-3H3. The summed E-state index contributed by atoms with van der Waals surface area (Å²) in [6, 6.07) is 15.6. The molecule has 3 aromatic heterocycles. The SMILES string of the molecule is CC(C)(C)n1nc2c(c1-n1cccc1)CN(C(=O)c1ccc3ccccc3n1)C2. The molecule has 0 saturated carbocycles. The fourth-order valence-electron chi connectivity index (χ4n) is 3.90. The number of benzene rings is 1. The summed E-state index contributed by atoms with van der Waals surface area (Å²) < 4.78 is 4.15. The van der Waals surface area contributed by atoms with Crippen LogP contribution in [0.2, 0.25) is 0 Å². The van der Waals surface area contributed by atoms with E-state index in [0.717, 1.165) is 28.0 Å². The molecule has 0 atom stereocenters. The van der Waals surface area contributed by atoms with Crippen LogP contribution >= 0.6 is 0 Å². The predicted molar refractivity (Wildman–Crippen MR) is 112 cm³/mol. The van der Waals surface area contributed by atoms with Crippen molar-refractivity contribution in [3.63, 3.8) is 0 Å². The number of pyridine rings is 1. The third kappa shape index (κ3) is 2.92. The first-order valence-electron chi connectivity index (χ1n) is 9.81. The molecule has 4 heterocycles. The van der Waals surface area contributed by atoms with Crippen LogP contribution in [0.1, 0.15) is 42.5 Å². The van der Waals surface area contributed by atoms with Crippen LogP contribution in [0.3, 0.4) is 0 Å². The number of hydrogen-bond donors (Lipinski definition) is 0. The molecule has 0 spiro atoms. The summed E-state index contributed by atoms with van der Waals surface area (Å²) in [6.45, 7) is 7.46. The molecule has 1 amide bonds. The number of hydrogen-bond acceptors (Lipinski definition) is 3. The molecule has 1 aliphatic rings. The van der Waals surface area contributed by atoms with Crippen LogP contribution in [0.25, 0.3) is 16.7 Å². The van der Waals surface area contributed by atoms with Gasteiger partial charge in [-0.2, -0.15) is 5.10 Å². The van der Waals surface area contributed by atoms with E-state index < -0.39 is 0 Å². The molecule has 29 heavy (non-hydrogen) atoms. The number of aromatic nitrogens is 4. The molecule has 1 aliphatic heterocycles. The molecule has 6 heteroatoms. The van der Waals surface area contributed by atoms with E-state index in [0.29, 0.717) is 18.8 Å². The summed E-state index contributed by atoms with van der Waals surface area (Å²) in [4.78, 5) is 19.6. The second-order valence-electron chi connectivity index (χ2n) is 8.47. The number of amides is 1. The maximum absolute atomic E-state index is 13.2. The van der Waals surface area contributed by atoms with Crippen molar-refractivity contribution < 1.29 is 4.79 Å². The van der Waals surface area contributed by atoms with E-state index in [-0.39, 0.29) is 11.4 Å². The second-order valence-corrected chi connectivity index (χ2v) is 8.47. The molecule has 0 fully saturated rings. The quantitative estimate of drug-likeness (QED) is 0.521. The van der Waals surface area contributed by atoms with Crippen molar-refractivity contribution in [2.24, 2.45) is 0 Å². The first-order valence-corrected chi connectivity index (χ1v) is 9.81. The minimum atomic E-state index is -0.154. The van der Waals surface area contributed by atoms with Crippen molar-refractivity contribution in [3.05, 3.63) is 77.9 Å². The van der Waals surface area contributed by atoms with Crippen molar-refractivity contribution in [1.29, 1.82) is 0 Å². The van der Waals surface area contributed by atoms with Gasteiger partial charge in [-0.3, -0.25) is 4.79 Å². The zero-order chi connectivity index (χ0) is 20.2. The van der Waals surface area contributed by atoms with Crippen molar-refractivity contribution in [1.82, 2.24) is 24.2 Å². The van der Waals surface area contributed by atoms with Crippen LogP contribution in [-0.4, -0.2) is 30.1 Å². The van der Waals surface area contributed by atoms with Crippen LogP contribution < -0.4 is 0 Å². The molecule has 0 bridgehead atoms. The van der Waals surface area contributed by atoms with E-state index in [2.05, 4.69) is 35.0 Å². The van der Waals surface area contributed by atoms with Crippen LogP contribution in [0.4, 0.5) is 0 Å². The Kier molecular flexibility index (Phi) is 3.84. The molecule has 0 N–H and O–H groups in total. The van der Waals surface area contributed by atoms with Gasteiger partial charge in [0.1, 0.15) is 11.5 Å². The summed E-state index contributed by atoms with van der Waals surface area (Å²) in [5.41, 5.74) is 3.21. The van der Waals surface area contributed by atoms with Gasteiger partial charge in [0, 0.05) is 23.3 Å². The lowest BCUT2D eigenvalue weighted by Crippen LogP contribution is -2.30. The number of fused-ring (bicyclic) bond motifs is 2. The van der Waals surface area contributed by atoms with Crippen molar-refractivity contribution in [3.8, 4) is 5.82 Å². The third-order valence-electron chi connectivity index (χ3n) is 5.32. The van der Waals surface area contributed by atoms with Gasteiger partial charge in [-0.15, -0.1) is 0 Å². The first kappa shape index (κ1) is 17.7. The van der Waals surface area contributed by atoms with Gasteiger partial charge in [0.2, 0.25) is 0 Å². The largest absolute Gasteiger partial charge is 0.327 e. The Morgan fingerprint density at radius 3 is 2.48 bits per heavy atom. The van der Waals surface area contributed by atoms with Crippen molar-refractivity contribution >= 4 is 16.8 Å². The summed E-state index contributed by atoms with van der Waals surface area (Å²) in [5.74, 6) is 0.966. The van der Waals surface area contributed by atoms with Gasteiger partial charge in [-0.25, -0.2) is 9.67 Å². The summed E-state index contributed by atoms with van der Waals surface area (Å²) in [5, 5.41) is 5.91. The Bertz CT molecular complexity index is 1210. The Balaban J connectivity index is 1.50. The lowest BCUT2D eigenvalue weighted by molar-refractivity contribution is 0.0743. The molecule has 4 aromatic rings. The van der Waals surface area contributed by atoms with E-state index in [4.69, 9.17) is 5.10 Å². The molecule has 0 radical (unpaired) electrons. The minimum absolute atomic E-state index is 0.0606. The highest BCUT2D eigenvalue weighted by Gasteiger charge is 2.34. The zero-order valence-electron chi connectivity index (χ0n) is 16.8. The number of rotatable bonds is 2. The molecule has 6 nitrogen and oxygen atoms in total. The summed E-state index contributed by atoms with van der Waals surface area (Å²) in [6.07, 6.45) is 4.05. The smallest absolute Gasteiger partial charge is 0.273 e. The number of para-hydroxylation sites is 1. The molecule has 0 saturated heterocycles. The topological polar surface area (TPSA) is 56.0 Å². The third-order valence-corrected chi connectivity index (χ3v) is 5.32. The monoisotopic (exact) mass is 385 g/mol. The van der Waals surface area contributed by atoms with Crippen LogP contribution in [0, 0.1) is 0 Å². The highest BCUT2D eigenvalue weighted by Crippen LogP contribution is 2.32. The molecule has 1 aromatic carbocycles. The van der Waals surface area contributed by atoms with Crippen molar-refractivity contribution in [2.75, 3.05) is 0 Å². The number of carbonyl (C=O) groups is 1. The maximum Gasteiger partial charge on any atom is 0.273 e. The highest BCUT2D eigenvalue weighted by molar-refractivity contribution is 5.95. The lowest BCUT2D eigenvalue weighted by Gasteiger charge is -2.24. The van der Waals surface area contributed by atoms with Crippen LogP contribution in [-0.2, 0) is 18.6 Å². The van der Waals surface area contributed by atoms with Gasteiger partial charge in [0.05, 0.1) is 29.8 Å². The number of nitrogens with zero attached hydrogens (tertiary/aromatic N) is 5. The van der Waals surface area contributed by atoms with Gasteiger partial charge < -0.3 is 9.47 Å². The van der Waals surface area contributed by atoms with E-state index in [1.165, 1.54) is 0 Å². The predicted octanol–water partition coefficient (Wildman–Crippen LogP) is 4.13. The van der Waals surface area contributed by atoms with E-state index in [1.807, 2.05) is 65.8 Å². The Hall–Kier alpha value is -3.41. The summed E-state index contributed by atoms with van der Waals surface area (Å²) >= 11 is 0. The normalized spacial score (nSPS) is 13.8. The minimum Gasteiger partial charge on any atom is -0.327 e. The van der Waals surface area contributed by atoms with E-state index in [1.54, 1.807) is 0 Å². The molecular weight excluding hydrogens is 362 g/mol. The Morgan fingerprint density at radius 2 is 1.72 bits per heavy atom. The van der Waals surface area contributed by atoms with Crippen molar-refractivity contribution in [2.45, 2.75) is 39.4 Å². The van der Waals surface area contributed by atoms with Gasteiger partial charge in [0.25, 0.3) is 5.91 Å². The molecule has 0 aliphatic carbocycles. The van der Waals surface area contributed by atoms with Crippen LogP contribution in [0.5, 0.6) is 0 Å². The van der Waals surface area contributed by atoms with Gasteiger partial charge >= 0.3 is 0 Å². The van der Waals surface area contributed by atoms with Gasteiger partial charge in [-0.1, -0.05) is 24.3 Å². The average Bonchev–Trinajstić information content (AvgIpc) is 3.42. The molecule has 146 valence electrons. The highest BCUT2D eigenvalue weighted by atomic mass is 16.2. The molecule has 0 unspecified atom stereocenters. The second kappa shape index (κ2) is 6.30. The fraction of sp³-hybridized carbons (Fsp3) is 0.261. The van der Waals surface area contributed by atoms with Gasteiger partial charge in [0.15, 0.2) is 0 Å².